The van der Waals surface area contributed by atoms with E-state index < -0.39 is 7.60 Å². The van der Waals surface area contributed by atoms with Crippen molar-refractivity contribution >= 4 is 23.5 Å². The molecule has 0 heterocycles. The number of rotatable bonds is 1. The van der Waals surface area contributed by atoms with Crippen LogP contribution in [0.1, 0.15) is 0 Å². The summed E-state index contributed by atoms with van der Waals surface area (Å²) in [5, 5.41) is 0. The molecule has 0 unspecified atom stereocenters. The fraction of sp³-hybridized carbons (Fsp3) is 0. The molecule has 7 heavy (non-hydrogen) atoms. The molecule has 0 aromatic carbocycles. The minimum atomic E-state index is -4.02. The Bertz CT molecular complexity index is 125. The van der Waals surface area contributed by atoms with Gasteiger partial charge in [-0.2, -0.15) is 0 Å². The summed E-state index contributed by atoms with van der Waals surface area (Å²) in [4.78, 5) is 16.1. The molecule has 0 rings (SSSR count). The first kappa shape index (κ1) is 7.37. The monoisotopic (exact) mass is 186 g/mol. The number of hydrogen-bond acceptors (Lipinski definition) is 1. The third-order valence-corrected chi connectivity index (χ3v) is 2.33. The molecule has 0 saturated heterocycles. The van der Waals surface area contributed by atoms with Gasteiger partial charge in [-0.3, -0.25) is 4.57 Å². The summed E-state index contributed by atoms with van der Waals surface area (Å²) in [5.41, 5.74) is 0. The number of hydrogen-bond donors (Lipinski definition) is 2. The molecule has 0 aromatic heterocycles. The molecule has 0 fully saturated rings. The summed E-state index contributed by atoms with van der Waals surface area (Å²) >= 11 is 2.54. The Hall–Kier alpha value is 0.370. The van der Waals surface area contributed by atoms with Gasteiger partial charge in [-0.1, -0.05) is 6.58 Å². The smallest absolute Gasteiger partial charge is 0.321 e. The topological polar surface area (TPSA) is 57.5 Å². The minimum absolute atomic E-state index is 0.278. The molecule has 3 nitrogen and oxygen atoms in total. The minimum Gasteiger partial charge on any atom is -0.321 e. The van der Waals surface area contributed by atoms with Crippen molar-refractivity contribution in [1.82, 2.24) is 0 Å². The van der Waals surface area contributed by atoms with E-state index in [0.717, 1.165) is 0 Å². The van der Waals surface area contributed by atoms with Crippen LogP contribution in [0.25, 0.3) is 0 Å². The fourth-order valence-electron chi connectivity index (χ4n) is 0. The van der Waals surface area contributed by atoms with Crippen LogP contribution in [0.4, 0.5) is 0 Å². The maximum Gasteiger partial charge on any atom is 0.362 e. The summed E-state index contributed by atoms with van der Waals surface area (Å²) in [6.45, 7) is 2.98. The van der Waals surface area contributed by atoms with E-state index in [0.29, 0.717) is 0 Å². The van der Waals surface area contributed by atoms with Crippen molar-refractivity contribution < 1.29 is 14.4 Å². The van der Waals surface area contributed by atoms with Gasteiger partial charge in [0.2, 0.25) is 0 Å². The van der Waals surface area contributed by atoms with Crippen molar-refractivity contribution in [2.75, 3.05) is 0 Å². The first-order valence-corrected chi connectivity index (χ1v) is 3.75. The second-order valence-electron chi connectivity index (χ2n) is 0.920. The number of halogens is 1. The Balaban J connectivity index is 4.09. The lowest BCUT2D eigenvalue weighted by Gasteiger charge is -1.95. The van der Waals surface area contributed by atoms with Crippen molar-refractivity contribution in [3.63, 3.8) is 0 Å². The lowest BCUT2D eigenvalue weighted by atomic mass is 11.3. The quantitative estimate of drug-likeness (QED) is 0.602. The van der Waals surface area contributed by atoms with E-state index in [9.17, 15) is 4.57 Å². The molecule has 0 aliphatic carbocycles. The van der Waals surface area contributed by atoms with E-state index in [4.69, 9.17) is 9.79 Å². The van der Waals surface area contributed by atoms with Gasteiger partial charge in [-0.25, -0.2) is 0 Å². The molecule has 0 amide bonds. The molecule has 0 bridgehead atoms. The zero-order valence-electron chi connectivity index (χ0n) is 3.33. The van der Waals surface area contributed by atoms with Crippen LogP contribution in [-0.4, -0.2) is 9.79 Å². The van der Waals surface area contributed by atoms with Crippen LogP contribution in [0.5, 0.6) is 0 Å². The van der Waals surface area contributed by atoms with Gasteiger partial charge in [-0.05, 0) is 15.9 Å². The van der Waals surface area contributed by atoms with Gasteiger partial charge in [0, 0.05) is 0 Å². The van der Waals surface area contributed by atoms with Gasteiger partial charge in [-0.15, -0.1) is 0 Å². The van der Waals surface area contributed by atoms with Crippen LogP contribution in [0.2, 0.25) is 0 Å². The van der Waals surface area contributed by atoms with Gasteiger partial charge in [0.1, 0.15) is 0 Å². The molecule has 0 aliphatic heterocycles. The second-order valence-corrected chi connectivity index (χ2v) is 4.12. The standard InChI is InChI=1S/C2H4BrO3P/c1-2(3)7(4,5)6/h1H2,(H2,4,5,6). The molecular weight excluding hydrogens is 183 g/mol. The van der Waals surface area contributed by atoms with Crippen molar-refractivity contribution in [2.24, 2.45) is 0 Å². The van der Waals surface area contributed by atoms with Crippen molar-refractivity contribution in [3.8, 4) is 0 Å². The van der Waals surface area contributed by atoms with Gasteiger partial charge in [0.25, 0.3) is 0 Å². The summed E-state index contributed by atoms with van der Waals surface area (Å²) in [7, 11) is -4.02. The molecule has 2 N–H and O–H groups in total. The van der Waals surface area contributed by atoms with Crippen molar-refractivity contribution in [1.29, 1.82) is 0 Å². The highest BCUT2D eigenvalue weighted by Crippen LogP contribution is 2.46. The molecule has 0 atom stereocenters. The molecule has 0 saturated carbocycles. The molecular formula is C2H4BrO3P. The van der Waals surface area contributed by atoms with Crippen LogP contribution in [0.15, 0.2) is 10.8 Å². The Morgan fingerprint density at radius 1 is 1.71 bits per heavy atom. The fourth-order valence-corrected chi connectivity index (χ4v) is 0. The first-order chi connectivity index (χ1) is 2.94. The van der Waals surface area contributed by atoms with Crippen molar-refractivity contribution in [2.45, 2.75) is 0 Å². The van der Waals surface area contributed by atoms with E-state index in [2.05, 4.69) is 22.5 Å². The Kier molecular flexibility index (Phi) is 2.20. The summed E-state index contributed by atoms with van der Waals surface area (Å²) in [6.07, 6.45) is 0. The zero-order valence-corrected chi connectivity index (χ0v) is 5.82. The molecule has 0 radical (unpaired) electrons. The Morgan fingerprint density at radius 2 is 1.86 bits per heavy atom. The lowest BCUT2D eigenvalue weighted by Crippen LogP contribution is -1.70. The average Bonchev–Trinajstić information content (AvgIpc) is 1.31. The zero-order chi connectivity index (χ0) is 6.08. The van der Waals surface area contributed by atoms with Crippen molar-refractivity contribution in [3.05, 3.63) is 10.8 Å². The molecule has 0 spiro atoms. The lowest BCUT2D eigenvalue weighted by molar-refractivity contribution is 0.385. The third kappa shape index (κ3) is 3.00. The van der Waals surface area contributed by atoms with Crippen LogP contribution < -0.4 is 0 Å². The predicted octanol–water partition coefficient (Wildman–Crippen LogP) is 1.03. The van der Waals surface area contributed by atoms with Crippen LogP contribution >= 0.6 is 23.5 Å². The van der Waals surface area contributed by atoms with Crippen LogP contribution in [-0.2, 0) is 4.57 Å². The highest BCUT2D eigenvalue weighted by atomic mass is 79.9. The Labute approximate surface area is 49.3 Å². The molecule has 42 valence electrons. The van der Waals surface area contributed by atoms with Gasteiger partial charge in [0.15, 0.2) is 0 Å². The molecule has 0 aromatic rings. The van der Waals surface area contributed by atoms with E-state index in [1.807, 2.05) is 0 Å². The van der Waals surface area contributed by atoms with Crippen LogP contribution in [0.3, 0.4) is 0 Å². The van der Waals surface area contributed by atoms with Gasteiger partial charge >= 0.3 is 7.60 Å². The highest BCUT2D eigenvalue weighted by molar-refractivity contribution is 9.13. The maximum atomic E-state index is 9.88. The highest BCUT2D eigenvalue weighted by Gasteiger charge is 2.13. The summed E-state index contributed by atoms with van der Waals surface area (Å²) in [5.74, 6) is 0. The maximum absolute atomic E-state index is 9.88. The molecule has 0 aliphatic rings. The van der Waals surface area contributed by atoms with E-state index in [-0.39, 0.29) is 4.22 Å². The second kappa shape index (κ2) is 2.09. The largest absolute Gasteiger partial charge is 0.362 e. The van der Waals surface area contributed by atoms with E-state index in [1.54, 1.807) is 0 Å². The SMILES string of the molecule is C=C(Br)P(=O)(O)O. The normalized spacial score (nSPS) is 11.3. The van der Waals surface area contributed by atoms with E-state index >= 15 is 0 Å². The van der Waals surface area contributed by atoms with Crippen LogP contribution in [0, 0.1) is 0 Å². The average molecular weight is 187 g/mol. The predicted molar refractivity (Wildman–Crippen MR) is 30.1 cm³/mol. The Morgan fingerprint density at radius 3 is 1.86 bits per heavy atom. The van der Waals surface area contributed by atoms with Gasteiger partial charge < -0.3 is 9.79 Å². The third-order valence-electron chi connectivity index (χ3n) is 0.316. The summed E-state index contributed by atoms with van der Waals surface area (Å²) < 4.78 is 9.60. The summed E-state index contributed by atoms with van der Waals surface area (Å²) in [6, 6.07) is 0. The van der Waals surface area contributed by atoms with E-state index in [1.165, 1.54) is 0 Å². The molecule has 5 heteroatoms. The van der Waals surface area contributed by atoms with Gasteiger partial charge in [0.05, 0.1) is 4.22 Å². The first-order valence-electron chi connectivity index (χ1n) is 1.35.